The third kappa shape index (κ3) is 7.95. The number of hydrogen-bond acceptors (Lipinski definition) is 6. The highest BCUT2D eigenvalue weighted by molar-refractivity contribution is 6.12. The number of carbonyl (C=O) groups is 2. The minimum Gasteiger partial charge on any atom is -0.494 e. The van der Waals surface area contributed by atoms with Gasteiger partial charge >= 0.3 is 5.97 Å². The van der Waals surface area contributed by atoms with Crippen molar-refractivity contribution in [1.29, 1.82) is 0 Å². The molecule has 4 aromatic carbocycles. The van der Waals surface area contributed by atoms with Crippen LogP contribution in [0.25, 0.3) is 0 Å². The minimum atomic E-state index is -0.667. The molecular formula is C33H34N2O4. The fourth-order valence-electron chi connectivity index (χ4n) is 4.20. The van der Waals surface area contributed by atoms with E-state index in [-0.39, 0.29) is 5.78 Å². The van der Waals surface area contributed by atoms with Crippen LogP contribution in [0, 0.1) is 6.92 Å². The van der Waals surface area contributed by atoms with E-state index in [0.29, 0.717) is 29.8 Å². The SMILES string of the molecule is COC(=O)[C@H](Cc1ccc(OCCCNc2ccc(C)cc2)cc1)Nc1ccccc1C(=O)c1ccccc1. The van der Waals surface area contributed by atoms with E-state index >= 15 is 0 Å². The van der Waals surface area contributed by atoms with Gasteiger partial charge in [0.2, 0.25) is 0 Å². The fraction of sp³-hybridized carbons (Fsp3) is 0.212. The molecule has 0 heterocycles. The summed E-state index contributed by atoms with van der Waals surface area (Å²) in [5.41, 5.74) is 4.95. The van der Waals surface area contributed by atoms with Crippen LogP contribution in [0.3, 0.4) is 0 Å². The zero-order valence-corrected chi connectivity index (χ0v) is 22.4. The molecule has 4 aromatic rings. The summed E-state index contributed by atoms with van der Waals surface area (Å²) in [6.07, 6.45) is 1.26. The molecule has 6 heteroatoms. The number of anilines is 2. The number of aryl methyl sites for hydroxylation is 1. The normalized spacial score (nSPS) is 11.3. The first-order chi connectivity index (χ1) is 19.0. The number of hydrogen-bond donors (Lipinski definition) is 2. The first kappa shape index (κ1) is 27.5. The Morgan fingerprint density at radius 2 is 1.51 bits per heavy atom. The second-order valence-electron chi connectivity index (χ2n) is 9.30. The predicted molar refractivity (Wildman–Crippen MR) is 156 cm³/mol. The highest BCUT2D eigenvalue weighted by atomic mass is 16.5. The van der Waals surface area contributed by atoms with E-state index in [1.807, 2.05) is 54.6 Å². The fourth-order valence-corrected chi connectivity index (χ4v) is 4.20. The van der Waals surface area contributed by atoms with Gasteiger partial charge < -0.3 is 20.1 Å². The molecule has 6 nitrogen and oxygen atoms in total. The van der Waals surface area contributed by atoms with E-state index in [4.69, 9.17) is 9.47 Å². The van der Waals surface area contributed by atoms with Gasteiger partial charge in [0.25, 0.3) is 0 Å². The molecule has 200 valence electrons. The summed E-state index contributed by atoms with van der Waals surface area (Å²) in [4.78, 5) is 25.8. The number of nitrogens with one attached hydrogen (secondary N) is 2. The third-order valence-corrected chi connectivity index (χ3v) is 6.36. The van der Waals surface area contributed by atoms with E-state index < -0.39 is 12.0 Å². The second kappa shape index (κ2) is 13.8. The Hall–Kier alpha value is -4.58. The van der Waals surface area contributed by atoms with Gasteiger partial charge in [0.05, 0.1) is 13.7 Å². The maximum atomic E-state index is 13.1. The summed E-state index contributed by atoms with van der Waals surface area (Å²) in [5.74, 6) is 0.256. The quantitative estimate of drug-likeness (QED) is 0.122. The summed E-state index contributed by atoms with van der Waals surface area (Å²) in [6, 6.07) is 31.6. The highest BCUT2D eigenvalue weighted by Crippen LogP contribution is 2.22. The largest absolute Gasteiger partial charge is 0.494 e. The summed E-state index contributed by atoms with van der Waals surface area (Å²) < 4.78 is 10.9. The standard InChI is InChI=1S/C33H34N2O4/c1-24-13-17-27(18-14-24)34-21-8-22-39-28-19-15-25(16-20-28)23-31(33(37)38-2)35-30-12-7-6-11-29(30)32(36)26-9-4-3-5-10-26/h3-7,9-20,31,34-35H,8,21-23H2,1-2H3/t31-/m0/s1. The molecule has 0 aliphatic rings. The molecule has 0 saturated carbocycles. The number of methoxy groups -OCH3 is 1. The highest BCUT2D eigenvalue weighted by Gasteiger charge is 2.22. The number of ether oxygens (including phenoxy) is 2. The molecule has 0 amide bonds. The summed E-state index contributed by atoms with van der Waals surface area (Å²) in [6.45, 7) is 3.49. The number of ketones is 1. The zero-order valence-electron chi connectivity index (χ0n) is 22.4. The summed E-state index contributed by atoms with van der Waals surface area (Å²) in [5, 5.41) is 6.64. The van der Waals surface area contributed by atoms with E-state index in [1.165, 1.54) is 12.7 Å². The van der Waals surface area contributed by atoms with Crippen molar-refractivity contribution in [2.75, 3.05) is 30.9 Å². The van der Waals surface area contributed by atoms with Crippen molar-refractivity contribution in [2.45, 2.75) is 25.8 Å². The van der Waals surface area contributed by atoms with Crippen LogP contribution in [0.1, 0.15) is 33.5 Å². The van der Waals surface area contributed by atoms with Crippen molar-refractivity contribution in [3.63, 3.8) is 0 Å². The molecule has 1 atom stereocenters. The Morgan fingerprint density at radius 1 is 0.821 bits per heavy atom. The molecule has 0 unspecified atom stereocenters. The second-order valence-corrected chi connectivity index (χ2v) is 9.30. The van der Waals surface area contributed by atoms with Gasteiger partial charge in [-0.25, -0.2) is 4.79 Å². The maximum Gasteiger partial charge on any atom is 0.328 e. The molecule has 0 radical (unpaired) electrons. The lowest BCUT2D eigenvalue weighted by atomic mass is 10.00. The van der Waals surface area contributed by atoms with Gasteiger partial charge in [0, 0.05) is 35.5 Å². The van der Waals surface area contributed by atoms with Gasteiger partial charge in [-0.1, -0.05) is 72.3 Å². The molecular weight excluding hydrogens is 488 g/mol. The van der Waals surface area contributed by atoms with Crippen molar-refractivity contribution in [2.24, 2.45) is 0 Å². The molecule has 0 saturated heterocycles. The lowest BCUT2D eigenvalue weighted by molar-refractivity contribution is -0.141. The first-order valence-electron chi connectivity index (χ1n) is 13.1. The van der Waals surface area contributed by atoms with Gasteiger partial charge in [0.15, 0.2) is 5.78 Å². The average Bonchev–Trinajstić information content (AvgIpc) is 2.98. The van der Waals surface area contributed by atoms with Gasteiger partial charge in [-0.2, -0.15) is 0 Å². The Morgan fingerprint density at radius 3 is 2.23 bits per heavy atom. The van der Waals surface area contributed by atoms with E-state index in [9.17, 15) is 9.59 Å². The van der Waals surface area contributed by atoms with Crippen molar-refractivity contribution < 1.29 is 19.1 Å². The van der Waals surface area contributed by atoms with Crippen molar-refractivity contribution in [3.8, 4) is 5.75 Å². The maximum absolute atomic E-state index is 13.1. The van der Waals surface area contributed by atoms with Crippen molar-refractivity contribution >= 4 is 23.1 Å². The van der Waals surface area contributed by atoms with Gasteiger partial charge in [-0.3, -0.25) is 4.79 Å². The molecule has 0 spiro atoms. The van der Waals surface area contributed by atoms with E-state index in [2.05, 4.69) is 41.8 Å². The van der Waals surface area contributed by atoms with Crippen LogP contribution in [0.5, 0.6) is 5.75 Å². The lowest BCUT2D eigenvalue weighted by Gasteiger charge is -2.20. The Balaban J connectivity index is 1.34. The summed E-state index contributed by atoms with van der Waals surface area (Å²) >= 11 is 0. The van der Waals surface area contributed by atoms with Crippen molar-refractivity contribution in [3.05, 3.63) is 125 Å². The number of benzene rings is 4. The van der Waals surface area contributed by atoms with Crippen LogP contribution < -0.4 is 15.4 Å². The molecule has 39 heavy (non-hydrogen) atoms. The van der Waals surface area contributed by atoms with Crippen LogP contribution >= 0.6 is 0 Å². The van der Waals surface area contributed by atoms with Crippen LogP contribution in [0.2, 0.25) is 0 Å². The number of para-hydroxylation sites is 1. The molecule has 4 rings (SSSR count). The monoisotopic (exact) mass is 522 g/mol. The van der Waals surface area contributed by atoms with Crippen molar-refractivity contribution in [1.82, 2.24) is 0 Å². The van der Waals surface area contributed by atoms with Crippen LogP contribution in [-0.2, 0) is 16.0 Å². The number of rotatable bonds is 13. The average molecular weight is 523 g/mol. The van der Waals surface area contributed by atoms with Crippen LogP contribution in [-0.4, -0.2) is 38.1 Å². The van der Waals surface area contributed by atoms with Crippen LogP contribution in [0.15, 0.2) is 103 Å². The Kier molecular flexibility index (Phi) is 9.73. The molecule has 0 aliphatic heterocycles. The zero-order chi connectivity index (χ0) is 27.5. The first-order valence-corrected chi connectivity index (χ1v) is 13.1. The number of carbonyl (C=O) groups excluding carboxylic acids is 2. The summed E-state index contributed by atoms with van der Waals surface area (Å²) in [7, 11) is 1.36. The Labute approximate surface area is 230 Å². The minimum absolute atomic E-state index is 0.113. The van der Waals surface area contributed by atoms with Gasteiger partial charge in [0.1, 0.15) is 11.8 Å². The number of esters is 1. The molecule has 0 bridgehead atoms. The smallest absolute Gasteiger partial charge is 0.328 e. The molecule has 0 aliphatic carbocycles. The topological polar surface area (TPSA) is 76.7 Å². The lowest BCUT2D eigenvalue weighted by Crippen LogP contribution is -2.33. The third-order valence-electron chi connectivity index (χ3n) is 6.36. The molecule has 0 fully saturated rings. The molecule has 2 N–H and O–H groups in total. The van der Waals surface area contributed by atoms with E-state index in [1.54, 1.807) is 24.3 Å². The predicted octanol–water partition coefficient (Wildman–Crippen LogP) is 6.30. The van der Waals surface area contributed by atoms with Gasteiger partial charge in [-0.05, 0) is 55.3 Å². The van der Waals surface area contributed by atoms with Gasteiger partial charge in [-0.15, -0.1) is 0 Å². The van der Waals surface area contributed by atoms with E-state index in [0.717, 1.165) is 30.0 Å². The molecule has 0 aromatic heterocycles. The van der Waals surface area contributed by atoms with Crippen LogP contribution in [0.4, 0.5) is 11.4 Å². The Bertz CT molecular complexity index is 1350.